The summed E-state index contributed by atoms with van der Waals surface area (Å²) in [5, 5.41) is 8.95. The minimum atomic E-state index is -0.632. The van der Waals surface area contributed by atoms with Crippen LogP contribution < -0.4 is 0 Å². The summed E-state index contributed by atoms with van der Waals surface area (Å²) in [4.78, 5) is 10.9. The van der Waals surface area contributed by atoms with Crippen molar-refractivity contribution in [1.29, 1.82) is 0 Å². The average molecular weight is 250 g/mol. The monoisotopic (exact) mass is 250 g/mol. The topological polar surface area (TPSA) is 37.3 Å². The average Bonchev–Trinajstić information content (AvgIpc) is 3.10. The Morgan fingerprint density at radius 3 is 2.61 bits per heavy atom. The first kappa shape index (κ1) is 13.6. The van der Waals surface area contributed by atoms with Gasteiger partial charge in [0.25, 0.3) is 0 Å². The van der Waals surface area contributed by atoms with E-state index in [9.17, 15) is 4.79 Å². The second-order valence-corrected chi connectivity index (χ2v) is 6.47. The highest BCUT2D eigenvalue weighted by molar-refractivity contribution is 5.70. The van der Waals surface area contributed by atoms with Crippen LogP contribution in [0.4, 0.5) is 0 Å². The fourth-order valence-corrected chi connectivity index (χ4v) is 3.26. The molecule has 0 saturated heterocycles. The smallest absolute Gasteiger partial charge is 0.306 e. The van der Waals surface area contributed by atoms with Gasteiger partial charge in [-0.3, -0.25) is 4.79 Å². The molecular formula is C16H26O2. The van der Waals surface area contributed by atoms with Crippen LogP contribution >= 0.6 is 0 Å². The van der Waals surface area contributed by atoms with Crippen LogP contribution in [0, 0.1) is 29.6 Å². The summed E-state index contributed by atoms with van der Waals surface area (Å²) in [6, 6.07) is 0. The molecule has 0 aromatic heterocycles. The van der Waals surface area contributed by atoms with E-state index in [0.29, 0.717) is 11.8 Å². The number of carbonyl (C=O) groups is 1. The predicted octanol–water partition coefficient (Wildman–Crippen LogP) is 4.12. The van der Waals surface area contributed by atoms with Gasteiger partial charge in [-0.15, -0.1) is 0 Å². The second kappa shape index (κ2) is 5.90. The fourth-order valence-electron chi connectivity index (χ4n) is 3.26. The van der Waals surface area contributed by atoms with Crippen LogP contribution in [0.15, 0.2) is 12.2 Å². The van der Waals surface area contributed by atoms with Crippen LogP contribution in [-0.4, -0.2) is 11.1 Å². The molecule has 3 unspecified atom stereocenters. The van der Waals surface area contributed by atoms with Gasteiger partial charge >= 0.3 is 5.97 Å². The lowest BCUT2D eigenvalue weighted by Gasteiger charge is -2.23. The van der Waals surface area contributed by atoms with E-state index in [1.165, 1.54) is 25.7 Å². The Morgan fingerprint density at radius 1 is 1.33 bits per heavy atom. The lowest BCUT2D eigenvalue weighted by atomic mass is 9.83. The van der Waals surface area contributed by atoms with Crippen molar-refractivity contribution in [2.45, 2.75) is 52.4 Å². The van der Waals surface area contributed by atoms with E-state index < -0.39 is 5.97 Å². The molecule has 0 aromatic carbocycles. The third-order valence-corrected chi connectivity index (χ3v) is 4.92. The molecule has 0 radical (unpaired) electrons. The number of carboxylic acid groups (broad SMARTS) is 1. The molecule has 2 nitrogen and oxygen atoms in total. The zero-order valence-corrected chi connectivity index (χ0v) is 11.6. The first-order chi connectivity index (χ1) is 8.58. The van der Waals surface area contributed by atoms with Crippen molar-refractivity contribution in [3.8, 4) is 0 Å². The molecular weight excluding hydrogens is 224 g/mol. The Kier molecular flexibility index (Phi) is 4.47. The Hall–Kier alpha value is -0.790. The first-order valence-electron chi connectivity index (χ1n) is 7.47. The summed E-state index contributed by atoms with van der Waals surface area (Å²) in [5.74, 6) is 1.98. The summed E-state index contributed by atoms with van der Waals surface area (Å²) < 4.78 is 0. The quantitative estimate of drug-likeness (QED) is 0.745. The Morgan fingerprint density at radius 2 is 2.00 bits per heavy atom. The number of allylic oxidation sites excluding steroid dienone is 2. The molecule has 0 aliphatic heterocycles. The molecule has 2 heteroatoms. The van der Waals surface area contributed by atoms with E-state index in [-0.39, 0.29) is 5.92 Å². The van der Waals surface area contributed by atoms with Crippen molar-refractivity contribution in [3.05, 3.63) is 12.2 Å². The van der Waals surface area contributed by atoms with Crippen molar-refractivity contribution in [2.24, 2.45) is 29.6 Å². The molecule has 0 amide bonds. The zero-order chi connectivity index (χ0) is 13.1. The Labute approximate surface area is 110 Å². The zero-order valence-electron chi connectivity index (χ0n) is 11.6. The highest BCUT2D eigenvalue weighted by atomic mass is 16.4. The summed E-state index contributed by atoms with van der Waals surface area (Å²) in [6.07, 6.45) is 12.4. The van der Waals surface area contributed by atoms with Gasteiger partial charge < -0.3 is 5.11 Å². The van der Waals surface area contributed by atoms with Crippen LogP contribution in [0.5, 0.6) is 0 Å². The SMILES string of the molecule is CC1CCC(C=CCC2CC2C(C)C(=O)O)CC1. The highest BCUT2D eigenvalue weighted by Gasteiger charge is 2.42. The standard InChI is InChI=1S/C16H26O2/c1-11-6-8-13(9-7-11)4-3-5-14-10-15(14)12(2)16(17)18/h3-4,11-15H,5-10H2,1-2H3,(H,17,18). The minimum absolute atomic E-state index is 0.154. The third kappa shape index (κ3) is 3.60. The van der Waals surface area contributed by atoms with Crippen LogP contribution in [0.2, 0.25) is 0 Å². The summed E-state index contributed by atoms with van der Waals surface area (Å²) in [6.45, 7) is 4.20. The predicted molar refractivity (Wildman–Crippen MR) is 73.3 cm³/mol. The van der Waals surface area contributed by atoms with Crippen molar-refractivity contribution in [1.82, 2.24) is 0 Å². The number of aliphatic carboxylic acids is 1. The maximum absolute atomic E-state index is 10.9. The van der Waals surface area contributed by atoms with E-state index in [1.54, 1.807) is 0 Å². The van der Waals surface area contributed by atoms with Gasteiger partial charge in [-0.2, -0.15) is 0 Å². The molecule has 0 heterocycles. The largest absolute Gasteiger partial charge is 0.481 e. The first-order valence-corrected chi connectivity index (χ1v) is 7.47. The molecule has 2 aliphatic rings. The second-order valence-electron chi connectivity index (χ2n) is 6.47. The molecule has 2 fully saturated rings. The molecule has 3 atom stereocenters. The van der Waals surface area contributed by atoms with Crippen molar-refractivity contribution in [2.75, 3.05) is 0 Å². The van der Waals surface area contributed by atoms with E-state index in [1.807, 2.05) is 6.92 Å². The van der Waals surface area contributed by atoms with Crippen LogP contribution in [0.3, 0.4) is 0 Å². The van der Waals surface area contributed by atoms with Gasteiger partial charge in [0.2, 0.25) is 0 Å². The van der Waals surface area contributed by atoms with Crippen molar-refractivity contribution < 1.29 is 9.90 Å². The summed E-state index contributed by atoms with van der Waals surface area (Å²) in [7, 11) is 0. The van der Waals surface area contributed by atoms with Gasteiger partial charge in [0.15, 0.2) is 0 Å². The van der Waals surface area contributed by atoms with E-state index >= 15 is 0 Å². The molecule has 1 N–H and O–H groups in total. The van der Waals surface area contributed by atoms with Crippen molar-refractivity contribution >= 4 is 5.97 Å². The van der Waals surface area contributed by atoms with Gasteiger partial charge in [0, 0.05) is 0 Å². The summed E-state index contributed by atoms with van der Waals surface area (Å²) in [5.41, 5.74) is 0. The number of hydrogen-bond donors (Lipinski definition) is 1. The Balaban J connectivity index is 1.66. The molecule has 2 saturated carbocycles. The molecule has 102 valence electrons. The van der Waals surface area contributed by atoms with Crippen LogP contribution in [-0.2, 0) is 4.79 Å². The van der Waals surface area contributed by atoms with Gasteiger partial charge in [-0.1, -0.05) is 38.8 Å². The van der Waals surface area contributed by atoms with Crippen molar-refractivity contribution in [3.63, 3.8) is 0 Å². The number of rotatable bonds is 5. The number of hydrogen-bond acceptors (Lipinski definition) is 1. The molecule has 0 spiro atoms. The van der Waals surface area contributed by atoms with E-state index in [2.05, 4.69) is 19.1 Å². The van der Waals surface area contributed by atoms with Crippen LogP contribution in [0.25, 0.3) is 0 Å². The molecule has 2 rings (SSSR count). The lowest BCUT2D eigenvalue weighted by molar-refractivity contribution is -0.141. The fraction of sp³-hybridized carbons (Fsp3) is 0.812. The maximum atomic E-state index is 10.9. The lowest BCUT2D eigenvalue weighted by Crippen LogP contribution is -2.12. The molecule has 18 heavy (non-hydrogen) atoms. The van der Waals surface area contributed by atoms with E-state index in [4.69, 9.17) is 5.11 Å². The molecule has 2 aliphatic carbocycles. The Bertz CT molecular complexity index is 313. The van der Waals surface area contributed by atoms with Crippen LogP contribution in [0.1, 0.15) is 52.4 Å². The van der Waals surface area contributed by atoms with Gasteiger partial charge in [-0.05, 0) is 49.4 Å². The highest BCUT2D eigenvalue weighted by Crippen LogP contribution is 2.47. The minimum Gasteiger partial charge on any atom is -0.481 e. The summed E-state index contributed by atoms with van der Waals surface area (Å²) >= 11 is 0. The van der Waals surface area contributed by atoms with E-state index in [0.717, 1.165) is 24.7 Å². The normalized spacial score (nSPS) is 37.7. The molecule has 0 bridgehead atoms. The van der Waals surface area contributed by atoms with Gasteiger partial charge in [0.1, 0.15) is 0 Å². The van der Waals surface area contributed by atoms with Gasteiger partial charge in [-0.25, -0.2) is 0 Å². The maximum Gasteiger partial charge on any atom is 0.306 e. The van der Waals surface area contributed by atoms with Gasteiger partial charge in [0.05, 0.1) is 5.92 Å². The molecule has 0 aromatic rings. The number of carboxylic acids is 1. The third-order valence-electron chi connectivity index (χ3n) is 4.92.